The summed E-state index contributed by atoms with van der Waals surface area (Å²) in [6.45, 7) is -0.139. The number of hydrogen-bond acceptors (Lipinski definition) is 5. The summed E-state index contributed by atoms with van der Waals surface area (Å²) in [4.78, 5) is 23.3. The summed E-state index contributed by atoms with van der Waals surface area (Å²) in [5.74, 6) is -1.41. The third kappa shape index (κ3) is 6.10. The first-order chi connectivity index (χ1) is 15.5. The van der Waals surface area contributed by atoms with Crippen LogP contribution in [0.3, 0.4) is 0 Å². The molecule has 0 saturated heterocycles. The molecule has 0 aromatic heterocycles. The van der Waals surface area contributed by atoms with Gasteiger partial charge >= 0.3 is 12.1 Å². The van der Waals surface area contributed by atoms with Gasteiger partial charge in [0.05, 0.1) is 31.0 Å². The summed E-state index contributed by atoms with van der Waals surface area (Å²) in [5, 5.41) is 24.1. The number of benzene rings is 3. The molecule has 3 aromatic rings. The number of hydrogen-bond donors (Lipinski definition) is 2. The number of alkyl halides is 3. The molecule has 0 aliphatic heterocycles. The molecule has 0 radical (unpaired) electrons. The van der Waals surface area contributed by atoms with Crippen molar-refractivity contribution in [2.75, 3.05) is 5.32 Å². The largest absolute Gasteiger partial charge is 0.478 e. The second kappa shape index (κ2) is 9.90. The van der Waals surface area contributed by atoms with Gasteiger partial charge in [0.2, 0.25) is 0 Å². The van der Waals surface area contributed by atoms with Gasteiger partial charge in [-0.25, -0.2) is 4.79 Å². The van der Waals surface area contributed by atoms with E-state index in [9.17, 15) is 33.2 Å². The fourth-order valence-corrected chi connectivity index (χ4v) is 4.12. The monoisotopic (exact) mass is 516 g/mol. The zero-order chi connectivity index (χ0) is 24.3. The molecule has 0 aliphatic carbocycles. The highest BCUT2D eigenvalue weighted by atomic mass is 35.5. The van der Waals surface area contributed by atoms with E-state index < -0.39 is 22.6 Å². The molecular weight excluding hydrogens is 504 g/mol. The van der Waals surface area contributed by atoms with Crippen molar-refractivity contribution in [1.82, 2.24) is 0 Å². The van der Waals surface area contributed by atoms with Gasteiger partial charge in [0, 0.05) is 23.2 Å². The van der Waals surface area contributed by atoms with E-state index in [1.807, 2.05) is 0 Å². The molecule has 0 amide bonds. The number of aromatic carboxylic acids is 1. The Balaban J connectivity index is 1.86. The SMILES string of the molecule is O=C(O)c1ccc(C(F)(F)F)cc1NCc1ccc(Sc2ccc(Cl)c(Cl)c2)c([N+](=O)[O-])c1. The molecule has 0 fully saturated rings. The smallest absolute Gasteiger partial charge is 0.416 e. The standard InChI is InChI=1S/C21H13Cl2F3N2O4S/c22-15-5-3-13(9-16(15)23)33-19-6-1-11(7-18(19)28(31)32)10-27-17-8-12(21(24,25)26)2-4-14(17)20(29)30/h1-9,27H,10H2,(H,29,30). The molecule has 2 N–H and O–H groups in total. The minimum Gasteiger partial charge on any atom is -0.478 e. The van der Waals surface area contributed by atoms with Crippen LogP contribution in [0.2, 0.25) is 10.0 Å². The first-order valence-corrected chi connectivity index (χ1v) is 10.6. The summed E-state index contributed by atoms with van der Waals surface area (Å²) in [5.41, 5.74) is -1.49. The number of nitro benzene ring substituents is 1. The Morgan fingerprint density at radius 2 is 1.79 bits per heavy atom. The first kappa shape index (κ1) is 24.7. The van der Waals surface area contributed by atoms with Crippen LogP contribution in [0.1, 0.15) is 21.5 Å². The molecule has 0 atom stereocenters. The van der Waals surface area contributed by atoms with Crippen molar-refractivity contribution in [2.45, 2.75) is 22.5 Å². The second-order valence-electron chi connectivity index (χ2n) is 6.65. The summed E-state index contributed by atoms with van der Waals surface area (Å²) >= 11 is 13.0. The number of carbonyl (C=O) groups is 1. The highest BCUT2D eigenvalue weighted by Crippen LogP contribution is 2.38. The Morgan fingerprint density at radius 3 is 2.39 bits per heavy atom. The average molecular weight is 517 g/mol. The van der Waals surface area contributed by atoms with Crippen molar-refractivity contribution in [3.8, 4) is 0 Å². The molecule has 0 heterocycles. The van der Waals surface area contributed by atoms with Crippen LogP contribution in [-0.2, 0) is 12.7 Å². The lowest BCUT2D eigenvalue weighted by atomic mass is 10.1. The highest BCUT2D eigenvalue weighted by molar-refractivity contribution is 7.99. The van der Waals surface area contributed by atoms with Crippen LogP contribution in [0.15, 0.2) is 64.4 Å². The Labute approximate surface area is 199 Å². The van der Waals surface area contributed by atoms with Crippen LogP contribution < -0.4 is 5.32 Å². The number of halogens is 5. The number of anilines is 1. The van der Waals surface area contributed by atoms with Crippen LogP contribution in [-0.4, -0.2) is 16.0 Å². The van der Waals surface area contributed by atoms with Gasteiger partial charge in [0.15, 0.2) is 0 Å². The van der Waals surface area contributed by atoms with Crippen LogP contribution in [0.4, 0.5) is 24.5 Å². The molecule has 0 saturated carbocycles. The van der Waals surface area contributed by atoms with E-state index >= 15 is 0 Å². The van der Waals surface area contributed by atoms with E-state index in [2.05, 4.69) is 5.32 Å². The molecular formula is C21H13Cl2F3N2O4S. The molecule has 0 aliphatic rings. The maximum atomic E-state index is 13.0. The van der Waals surface area contributed by atoms with Crippen LogP contribution in [0.25, 0.3) is 0 Å². The van der Waals surface area contributed by atoms with E-state index in [1.54, 1.807) is 24.3 Å². The van der Waals surface area contributed by atoms with Crippen molar-refractivity contribution >= 4 is 52.3 Å². The second-order valence-corrected chi connectivity index (χ2v) is 8.58. The highest BCUT2D eigenvalue weighted by Gasteiger charge is 2.31. The lowest BCUT2D eigenvalue weighted by Gasteiger charge is -2.14. The van der Waals surface area contributed by atoms with E-state index in [1.165, 1.54) is 12.1 Å². The number of rotatable bonds is 7. The van der Waals surface area contributed by atoms with Crippen LogP contribution in [0.5, 0.6) is 0 Å². The predicted octanol–water partition coefficient (Wildman–Crippen LogP) is 7.38. The Hall–Kier alpha value is -2.95. The fourth-order valence-electron chi connectivity index (χ4n) is 2.82. The summed E-state index contributed by atoms with van der Waals surface area (Å²) in [7, 11) is 0. The average Bonchev–Trinajstić information content (AvgIpc) is 2.74. The quantitative estimate of drug-likeness (QED) is 0.251. The van der Waals surface area contributed by atoms with Gasteiger partial charge in [0.25, 0.3) is 5.69 Å². The summed E-state index contributed by atoms with van der Waals surface area (Å²) < 4.78 is 39.0. The van der Waals surface area contributed by atoms with Crippen molar-refractivity contribution in [2.24, 2.45) is 0 Å². The first-order valence-electron chi connectivity index (χ1n) is 9.04. The maximum absolute atomic E-state index is 13.0. The van der Waals surface area contributed by atoms with Gasteiger partial charge in [-0.1, -0.05) is 41.0 Å². The minimum atomic E-state index is -4.66. The Morgan fingerprint density at radius 1 is 1.06 bits per heavy atom. The molecule has 12 heteroatoms. The molecule has 33 heavy (non-hydrogen) atoms. The van der Waals surface area contributed by atoms with E-state index in [0.717, 1.165) is 17.8 Å². The van der Waals surface area contributed by atoms with E-state index in [4.69, 9.17) is 23.2 Å². The van der Waals surface area contributed by atoms with Crippen molar-refractivity contribution in [3.63, 3.8) is 0 Å². The van der Waals surface area contributed by atoms with Gasteiger partial charge in [-0.05, 0) is 48.0 Å². The maximum Gasteiger partial charge on any atom is 0.416 e. The van der Waals surface area contributed by atoms with Crippen LogP contribution in [0, 0.1) is 10.1 Å². The third-order valence-corrected chi connectivity index (χ3v) is 6.19. The molecule has 0 unspecified atom stereocenters. The molecule has 0 spiro atoms. The molecule has 0 bridgehead atoms. The lowest BCUT2D eigenvalue weighted by Crippen LogP contribution is -2.11. The van der Waals surface area contributed by atoms with Crippen molar-refractivity contribution in [3.05, 3.63) is 91.4 Å². The van der Waals surface area contributed by atoms with Gasteiger partial charge in [-0.15, -0.1) is 0 Å². The topological polar surface area (TPSA) is 92.5 Å². The number of carboxylic acid groups (broad SMARTS) is 1. The van der Waals surface area contributed by atoms with E-state index in [-0.39, 0.29) is 23.5 Å². The third-order valence-electron chi connectivity index (χ3n) is 4.40. The normalized spacial score (nSPS) is 11.3. The molecule has 6 nitrogen and oxygen atoms in total. The van der Waals surface area contributed by atoms with Gasteiger partial charge in [-0.2, -0.15) is 13.2 Å². The Bertz CT molecular complexity index is 1240. The fraction of sp³-hybridized carbons (Fsp3) is 0.0952. The lowest BCUT2D eigenvalue weighted by molar-refractivity contribution is -0.387. The number of carboxylic acids is 1. The van der Waals surface area contributed by atoms with Gasteiger partial charge in [0.1, 0.15) is 0 Å². The zero-order valence-corrected chi connectivity index (χ0v) is 18.6. The summed E-state index contributed by atoms with van der Waals surface area (Å²) in [6, 6.07) is 11.3. The molecule has 172 valence electrons. The number of nitro groups is 1. The van der Waals surface area contributed by atoms with Gasteiger partial charge < -0.3 is 10.4 Å². The van der Waals surface area contributed by atoms with Crippen molar-refractivity contribution < 1.29 is 28.0 Å². The summed E-state index contributed by atoms with van der Waals surface area (Å²) in [6.07, 6.45) is -4.66. The van der Waals surface area contributed by atoms with Crippen LogP contribution >= 0.6 is 35.0 Å². The Kier molecular flexibility index (Phi) is 7.41. The minimum absolute atomic E-state index is 0.139. The van der Waals surface area contributed by atoms with Crippen molar-refractivity contribution in [1.29, 1.82) is 0 Å². The predicted molar refractivity (Wildman–Crippen MR) is 119 cm³/mol. The van der Waals surface area contributed by atoms with E-state index in [0.29, 0.717) is 37.5 Å². The molecule has 3 aromatic carbocycles. The molecule has 3 rings (SSSR count). The number of nitrogens with zero attached hydrogens (tertiary/aromatic N) is 1. The van der Waals surface area contributed by atoms with Gasteiger partial charge in [-0.3, -0.25) is 10.1 Å². The number of nitrogens with one attached hydrogen (secondary N) is 1. The zero-order valence-electron chi connectivity index (χ0n) is 16.3.